The van der Waals surface area contributed by atoms with Crippen molar-refractivity contribution in [3.63, 3.8) is 0 Å². The van der Waals surface area contributed by atoms with E-state index in [2.05, 4.69) is 20.6 Å². The van der Waals surface area contributed by atoms with Crippen LogP contribution in [0.1, 0.15) is 32.9 Å². The van der Waals surface area contributed by atoms with Crippen LogP contribution < -0.4 is 0 Å². The van der Waals surface area contributed by atoms with Crippen molar-refractivity contribution in [3.8, 4) is 22.5 Å². The van der Waals surface area contributed by atoms with Crippen LogP contribution in [-0.2, 0) is 42.8 Å². The van der Waals surface area contributed by atoms with Crippen LogP contribution in [0.15, 0.2) is 48.8 Å². The van der Waals surface area contributed by atoms with E-state index in [1.807, 2.05) is 0 Å². The Hall–Kier alpha value is -4.92. The highest BCUT2D eigenvalue weighted by atomic mass is 32.2. The van der Waals surface area contributed by atoms with E-state index < -0.39 is 88.4 Å². The van der Waals surface area contributed by atoms with E-state index in [1.54, 1.807) is 12.3 Å². The molecular formula is C34H34F4N6O9S. The summed E-state index contributed by atoms with van der Waals surface area (Å²) in [7, 11) is 1.36. The van der Waals surface area contributed by atoms with Gasteiger partial charge in [-0.3, -0.25) is 14.4 Å². The summed E-state index contributed by atoms with van der Waals surface area (Å²) in [6.45, 7) is 3.34. The second-order valence-corrected chi connectivity index (χ2v) is 13.7. The average molecular weight is 779 g/mol. The van der Waals surface area contributed by atoms with E-state index in [4.69, 9.17) is 28.4 Å². The third-order valence-corrected chi connectivity index (χ3v) is 10.0. The number of nitrogens with zero attached hydrogens (tertiary/aromatic N) is 6. The quantitative estimate of drug-likeness (QED) is 0.0932. The molecule has 4 heterocycles. The van der Waals surface area contributed by atoms with Crippen molar-refractivity contribution in [2.45, 2.75) is 68.0 Å². The van der Waals surface area contributed by atoms with Crippen molar-refractivity contribution >= 4 is 29.7 Å². The Morgan fingerprint density at radius 1 is 0.833 bits per heavy atom. The smallest absolute Gasteiger partial charge is 0.303 e. The first-order valence-electron chi connectivity index (χ1n) is 16.5. The Bertz CT molecular complexity index is 1980. The van der Waals surface area contributed by atoms with Crippen LogP contribution in [0, 0.1) is 23.3 Å². The Kier molecular flexibility index (Phi) is 11.9. The zero-order chi connectivity index (χ0) is 38.7. The van der Waals surface area contributed by atoms with Gasteiger partial charge in [0.25, 0.3) is 0 Å². The summed E-state index contributed by atoms with van der Waals surface area (Å²) in [6.07, 6.45) is -1.39. The summed E-state index contributed by atoms with van der Waals surface area (Å²) in [5.74, 6) is -6.98. The van der Waals surface area contributed by atoms with Gasteiger partial charge < -0.3 is 28.4 Å². The number of ether oxygens (including phenoxy) is 6. The summed E-state index contributed by atoms with van der Waals surface area (Å²) in [5.41, 5.74) is -0.338. The number of esters is 3. The second-order valence-electron chi connectivity index (χ2n) is 12.4. The summed E-state index contributed by atoms with van der Waals surface area (Å²) in [6, 6.07) is 5.54. The molecular weight excluding hydrogens is 744 g/mol. The Labute approximate surface area is 309 Å². The van der Waals surface area contributed by atoms with E-state index in [-0.39, 0.29) is 31.1 Å². The van der Waals surface area contributed by atoms with Gasteiger partial charge in [0, 0.05) is 39.0 Å². The molecule has 0 N–H and O–H groups in total. The Balaban J connectivity index is 1.35. The molecule has 0 unspecified atom stereocenters. The van der Waals surface area contributed by atoms with E-state index in [9.17, 15) is 31.9 Å². The summed E-state index contributed by atoms with van der Waals surface area (Å²) >= 11 is 1.15. The van der Waals surface area contributed by atoms with Crippen molar-refractivity contribution in [1.82, 2.24) is 30.0 Å². The normalized spacial score (nSPS) is 25.6. The van der Waals surface area contributed by atoms with E-state index in [0.717, 1.165) is 30.8 Å². The van der Waals surface area contributed by atoms with Gasteiger partial charge in [0.1, 0.15) is 59.6 Å². The molecule has 0 aliphatic carbocycles. The maximum Gasteiger partial charge on any atom is 0.303 e. The number of benzene rings is 2. The molecule has 2 aliphatic heterocycles. The fourth-order valence-corrected chi connectivity index (χ4v) is 7.85. The van der Waals surface area contributed by atoms with Crippen molar-refractivity contribution in [2.24, 2.45) is 0 Å². The zero-order valence-electron chi connectivity index (χ0n) is 29.1. The van der Waals surface area contributed by atoms with E-state index in [1.165, 1.54) is 54.7 Å². The molecule has 15 nitrogen and oxygen atoms in total. The van der Waals surface area contributed by atoms with Gasteiger partial charge >= 0.3 is 17.9 Å². The van der Waals surface area contributed by atoms with Gasteiger partial charge in [0.2, 0.25) is 0 Å². The third-order valence-electron chi connectivity index (χ3n) is 8.64. The Morgan fingerprint density at radius 3 is 2.13 bits per heavy atom. The molecule has 2 aliphatic rings. The molecule has 4 aromatic rings. The fourth-order valence-electron chi connectivity index (χ4n) is 6.31. The average Bonchev–Trinajstić information content (AvgIpc) is 3.81. The topological polar surface area (TPSA) is 168 Å². The molecule has 6 rings (SSSR count). The fraction of sp³-hybridized carbons (Fsp3) is 0.441. The predicted molar refractivity (Wildman–Crippen MR) is 178 cm³/mol. The SMILES string of the molecule is CO[C@@H]1[C@@H](n2cc(-c3cc(F)c(F)c(F)c3)nn2)[C@@H](OC(C)=O)[C@@H](COC(C)=O)O[C@H]1S[C@@H]1COC[C@H](n2cc(-c3cccc(F)c3)nn2)[C@H]1OC(C)=O. The molecule has 288 valence electrons. The lowest BCUT2D eigenvalue weighted by molar-refractivity contribution is -0.208. The predicted octanol–water partition coefficient (Wildman–Crippen LogP) is 3.84. The van der Waals surface area contributed by atoms with Crippen LogP contribution in [0.4, 0.5) is 17.6 Å². The van der Waals surface area contributed by atoms with Crippen molar-refractivity contribution in [2.75, 3.05) is 26.9 Å². The minimum Gasteiger partial charge on any atom is -0.463 e. The molecule has 2 aromatic heterocycles. The number of rotatable bonds is 11. The van der Waals surface area contributed by atoms with Gasteiger partial charge in [-0.25, -0.2) is 26.9 Å². The van der Waals surface area contributed by atoms with Gasteiger partial charge in [-0.2, -0.15) is 0 Å². The lowest BCUT2D eigenvalue weighted by Gasteiger charge is -2.46. The summed E-state index contributed by atoms with van der Waals surface area (Å²) < 4.78 is 93.9. The van der Waals surface area contributed by atoms with Crippen LogP contribution in [-0.4, -0.2) is 110 Å². The highest BCUT2D eigenvalue weighted by molar-refractivity contribution is 8.00. The van der Waals surface area contributed by atoms with E-state index >= 15 is 0 Å². The number of carbonyl (C=O) groups is 3. The van der Waals surface area contributed by atoms with Crippen molar-refractivity contribution in [3.05, 3.63) is 72.1 Å². The number of halogens is 4. The number of thioether (sulfide) groups is 1. The van der Waals surface area contributed by atoms with Crippen molar-refractivity contribution in [1.29, 1.82) is 0 Å². The monoisotopic (exact) mass is 778 g/mol. The molecule has 0 saturated carbocycles. The first-order chi connectivity index (χ1) is 25.8. The minimum atomic E-state index is -1.66. The number of hydrogen-bond acceptors (Lipinski definition) is 14. The van der Waals surface area contributed by atoms with Crippen LogP contribution in [0.3, 0.4) is 0 Å². The Morgan fingerprint density at radius 2 is 1.48 bits per heavy atom. The number of hydrogen-bond donors (Lipinski definition) is 0. The van der Waals surface area contributed by atoms with Crippen LogP contribution in [0.25, 0.3) is 22.5 Å². The van der Waals surface area contributed by atoms with Crippen molar-refractivity contribution < 1.29 is 60.4 Å². The maximum absolute atomic E-state index is 14.2. The molecule has 2 fully saturated rings. The van der Waals surface area contributed by atoms with Gasteiger partial charge in [-0.1, -0.05) is 22.6 Å². The van der Waals surface area contributed by atoms with Gasteiger partial charge in [-0.05, 0) is 24.3 Å². The van der Waals surface area contributed by atoms with Gasteiger partial charge in [-0.15, -0.1) is 22.0 Å². The molecule has 0 radical (unpaired) electrons. The van der Waals surface area contributed by atoms with Gasteiger partial charge in [0.15, 0.2) is 23.6 Å². The summed E-state index contributed by atoms with van der Waals surface area (Å²) in [4.78, 5) is 36.8. The minimum absolute atomic E-state index is 0.0552. The molecule has 2 aromatic carbocycles. The first-order valence-corrected chi connectivity index (χ1v) is 17.4. The largest absolute Gasteiger partial charge is 0.463 e. The lowest BCUT2D eigenvalue weighted by atomic mass is 9.96. The number of carbonyl (C=O) groups excluding carboxylic acids is 3. The van der Waals surface area contributed by atoms with E-state index in [0.29, 0.717) is 11.3 Å². The molecule has 0 bridgehead atoms. The lowest BCUT2D eigenvalue weighted by Crippen LogP contribution is -2.58. The van der Waals surface area contributed by atoms with Crippen LogP contribution in [0.5, 0.6) is 0 Å². The second kappa shape index (κ2) is 16.6. The molecule has 54 heavy (non-hydrogen) atoms. The van der Waals surface area contributed by atoms with Crippen LogP contribution in [0.2, 0.25) is 0 Å². The molecule has 20 heteroatoms. The summed E-state index contributed by atoms with van der Waals surface area (Å²) in [5, 5.41) is 15.9. The highest BCUT2D eigenvalue weighted by Crippen LogP contribution is 2.43. The standard InChI is InChI=1S/C34H34F4N6O9S/c1-16(45)50-14-27-32(52-18(3)47)30(44-12-25(40-42-44)20-9-22(36)29(38)23(37)10-20)33(48-4)34(53-27)54-28-15-49-13-26(31(28)51-17(2)46)43-11-24(39-41-43)19-6-5-7-21(35)8-19/h5-12,26-28,30-34H,13-15H2,1-4H3/t26-,27+,28+,30-,31+,32-,33+,34-/m0/s1. The third kappa shape index (κ3) is 8.56. The number of aromatic nitrogens is 6. The molecule has 0 spiro atoms. The van der Waals surface area contributed by atoms with Gasteiger partial charge in [0.05, 0.1) is 30.9 Å². The first kappa shape index (κ1) is 38.8. The molecule has 8 atom stereocenters. The van der Waals surface area contributed by atoms with Crippen LogP contribution >= 0.6 is 11.8 Å². The molecule has 0 amide bonds. The maximum atomic E-state index is 14.2. The highest BCUT2D eigenvalue weighted by Gasteiger charge is 2.52. The zero-order valence-corrected chi connectivity index (χ0v) is 30.0. The molecule has 2 saturated heterocycles. The number of methoxy groups -OCH3 is 1.